The SMILES string of the molecule is Nc1ccccc1NC1CCCN(CC2COc3ccccc3O2)C1. The summed E-state index contributed by atoms with van der Waals surface area (Å²) in [6, 6.07) is 16.3. The second-order valence-corrected chi connectivity index (χ2v) is 6.83. The topological polar surface area (TPSA) is 59.8 Å². The molecule has 2 unspecified atom stereocenters. The number of nitrogens with two attached hydrogens (primary N) is 1. The third-order valence-corrected chi connectivity index (χ3v) is 4.86. The van der Waals surface area contributed by atoms with Gasteiger partial charge >= 0.3 is 0 Å². The fraction of sp³-hybridized carbons (Fsp3) is 0.400. The van der Waals surface area contributed by atoms with Crippen molar-refractivity contribution in [2.45, 2.75) is 25.0 Å². The van der Waals surface area contributed by atoms with Gasteiger partial charge in [-0.25, -0.2) is 0 Å². The number of likely N-dealkylation sites (tertiary alicyclic amines) is 1. The first-order chi connectivity index (χ1) is 12.3. The van der Waals surface area contributed by atoms with Gasteiger partial charge in [0, 0.05) is 19.1 Å². The van der Waals surface area contributed by atoms with E-state index in [4.69, 9.17) is 15.2 Å². The molecule has 0 aromatic heterocycles. The highest BCUT2D eigenvalue weighted by atomic mass is 16.6. The van der Waals surface area contributed by atoms with Gasteiger partial charge < -0.3 is 20.5 Å². The van der Waals surface area contributed by atoms with Crippen LogP contribution in [-0.4, -0.2) is 43.3 Å². The summed E-state index contributed by atoms with van der Waals surface area (Å²) in [5.41, 5.74) is 7.89. The van der Waals surface area contributed by atoms with Crippen LogP contribution in [0.15, 0.2) is 48.5 Å². The Morgan fingerprint density at radius 1 is 1.08 bits per heavy atom. The molecule has 25 heavy (non-hydrogen) atoms. The number of piperidine rings is 1. The monoisotopic (exact) mass is 339 g/mol. The third kappa shape index (κ3) is 3.82. The minimum absolute atomic E-state index is 0.0791. The molecule has 0 spiro atoms. The van der Waals surface area contributed by atoms with Crippen molar-refractivity contribution in [1.29, 1.82) is 0 Å². The minimum atomic E-state index is 0.0791. The van der Waals surface area contributed by atoms with Crippen LogP contribution in [0, 0.1) is 0 Å². The Hall–Kier alpha value is -2.40. The van der Waals surface area contributed by atoms with Crippen molar-refractivity contribution in [3.63, 3.8) is 0 Å². The van der Waals surface area contributed by atoms with Crippen molar-refractivity contribution >= 4 is 11.4 Å². The summed E-state index contributed by atoms with van der Waals surface area (Å²) in [6.07, 6.45) is 2.42. The molecule has 5 nitrogen and oxygen atoms in total. The van der Waals surface area contributed by atoms with E-state index in [1.165, 1.54) is 6.42 Å². The Morgan fingerprint density at radius 3 is 2.76 bits per heavy atom. The van der Waals surface area contributed by atoms with E-state index in [0.717, 1.165) is 48.9 Å². The Kier molecular flexibility index (Phi) is 4.65. The van der Waals surface area contributed by atoms with Gasteiger partial charge in [-0.1, -0.05) is 24.3 Å². The Labute approximate surface area is 148 Å². The van der Waals surface area contributed by atoms with Crippen molar-refractivity contribution in [2.24, 2.45) is 0 Å². The number of nitrogen functional groups attached to an aromatic ring is 1. The average Bonchev–Trinajstić information content (AvgIpc) is 2.64. The van der Waals surface area contributed by atoms with Crippen LogP contribution in [-0.2, 0) is 0 Å². The van der Waals surface area contributed by atoms with Crippen LogP contribution >= 0.6 is 0 Å². The van der Waals surface area contributed by atoms with Crippen molar-refractivity contribution in [1.82, 2.24) is 4.90 Å². The van der Waals surface area contributed by atoms with Crippen molar-refractivity contribution < 1.29 is 9.47 Å². The molecule has 0 radical (unpaired) electrons. The number of ether oxygens (including phenoxy) is 2. The Bertz CT molecular complexity index is 722. The zero-order valence-electron chi connectivity index (χ0n) is 14.4. The predicted molar refractivity (Wildman–Crippen MR) is 100 cm³/mol. The van der Waals surface area contributed by atoms with E-state index < -0.39 is 0 Å². The highest BCUT2D eigenvalue weighted by Crippen LogP contribution is 2.31. The van der Waals surface area contributed by atoms with E-state index in [1.54, 1.807) is 0 Å². The third-order valence-electron chi connectivity index (χ3n) is 4.86. The summed E-state index contributed by atoms with van der Waals surface area (Å²) in [7, 11) is 0. The number of hydrogen-bond donors (Lipinski definition) is 2. The molecular weight excluding hydrogens is 314 g/mol. The lowest BCUT2D eigenvalue weighted by Crippen LogP contribution is -2.48. The summed E-state index contributed by atoms with van der Waals surface area (Å²) in [4.78, 5) is 2.46. The average molecular weight is 339 g/mol. The maximum atomic E-state index is 6.10. The van der Waals surface area contributed by atoms with E-state index in [0.29, 0.717) is 12.6 Å². The summed E-state index contributed by atoms with van der Waals surface area (Å²) in [5.74, 6) is 1.69. The van der Waals surface area contributed by atoms with Crippen LogP contribution in [0.25, 0.3) is 0 Å². The molecule has 5 heteroatoms. The summed E-state index contributed by atoms with van der Waals surface area (Å²) in [5, 5.41) is 3.59. The van der Waals surface area contributed by atoms with Gasteiger partial charge in [-0.2, -0.15) is 0 Å². The number of anilines is 2. The highest BCUT2D eigenvalue weighted by Gasteiger charge is 2.26. The molecule has 2 atom stereocenters. The maximum Gasteiger partial charge on any atom is 0.161 e. The van der Waals surface area contributed by atoms with E-state index >= 15 is 0 Å². The minimum Gasteiger partial charge on any atom is -0.486 e. The van der Waals surface area contributed by atoms with Gasteiger partial charge in [-0.15, -0.1) is 0 Å². The van der Waals surface area contributed by atoms with Gasteiger partial charge in [0.05, 0.1) is 11.4 Å². The molecule has 1 saturated heterocycles. The van der Waals surface area contributed by atoms with E-state index in [9.17, 15) is 0 Å². The second-order valence-electron chi connectivity index (χ2n) is 6.83. The fourth-order valence-corrected chi connectivity index (χ4v) is 3.63. The number of fused-ring (bicyclic) bond motifs is 1. The predicted octanol–water partition coefficient (Wildman–Crippen LogP) is 2.99. The molecule has 4 rings (SSSR count). The normalized spacial score (nSPS) is 23.2. The molecule has 0 bridgehead atoms. The molecule has 2 aliphatic rings. The molecule has 2 heterocycles. The molecule has 0 saturated carbocycles. The number of nitrogens with zero attached hydrogens (tertiary/aromatic N) is 1. The fourth-order valence-electron chi connectivity index (χ4n) is 3.63. The van der Waals surface area contributed by atoms with Crippen molar-refractivity contribution in [3.05, 3.63) is 48.5 Å². The van der Waals surface area contributed by atoms with Crippen LogP contribution in [0.1, 0.15) is 12.8 Å². The summed E-state index contributed by atoms with van der Waals surface area (Å²) in [6.45, 7) is 3.59. The van der Waals surface area contributed by atoms with E-state index in [-0.39, 0.29) is 6.10 Å². The molecule has 2 aromatic rings. The standard InChI is InChI=1S/C20H25N3O2/c21-17-7-1-2-8-18(17)22-15-6-5-11-23(12-15)13-16-14-24-19-9-3-4-10-20(19)25-16/h1-4,7-10,15-16,22H,5-6,11-14,21H2. The number of para-hydroxylation sites is 4. The molecule has 0 amide bonds. The van der Waals surface area contributed by atoms with Gasteiger partial charge in [-0.05, 0) is 43.7 Å². The van der Waals surface area contributed by atoms with Gasteiger partial charge in [0.25, 0.3) is 0 Å². The van der Waals surface area contributed by atoms with Gasteiger partial charge in [0.15, 0.2) is 11.5 Å². The van der Waals surface area contributed by atoms with E-state index in [1.807, 2.05) is 48.5 Å². The van der Waals surface area contributed by atoms with Crippen LogP contribution in [0.3, 0.4) is 0 Å². The number of benzene rings is 2. The zero-order chi connectivity index (χ0) is 17.1. The Balaban J connectivity index is 1.34. The lowest BCUT2D eigenvalue weighted by Gasteiger charge is -2.37. The number of hydrogen-bond acceptors (Lipinski definition) is 5. The van der Waals surface area contributed by atoms with Crippen LogP contribution in [0.2, 0.25) is 0 Å². The number of nitrogens with one attached hydrogen (secondary N) is 1. The molecule has 2 aromatic carbocycles. The van der Waals surface area contributed by atoms with Crippen molar-refractivity contribution in [3.8, 4) is 11.5 Å². The number of rotatable bonds is 4. The molecular formula is C20H25N3O2. The van der Waals surface area contributed by atoms with Crippen LogP contribution in [0.4, 0.5) is 11.4 Å². The van der Waals surface area contributed by atoms with Gasteiger partial charge in [-0.3, -0.25) is 4.90 Å². The lowest BCUT2D eigenvalue weighted by atomic mass is 10.0. The van der Waals surface area contributed by atoms with Crippen LogP contribution < -0.4 is 20.5 Å². The molecule has 0 aliphatic carbocycles. The lowest BCUT2D eigenvalue weighted by molar-refractivity contribution is 0.0518. The maximum absolute atomic E-state index is 6.10. The van der Waals surface area contributed by atoms with Crippen LogP contribution in [0.5, 0.6) is 11.5 Å². The van der Waals surface area contributed by atoms with Crippen molar-refractivity contribution in [2.75, 3.05) is 37.3 Å². The second kappa shape index (κ2) is 7.23. The van der Waals surface area contributed by atoms with Gasteiger partial charge in [0.2, 0.25) is 0 Å². The quantitative estimate of drug-likeness (QED) is 0.839. The molecule has 2 aliphatic heterocycles. The molecule has 3 N–H and O–H groups in total. The van der Waals surface area contributed by atoms with E-state index in [2.05, 4.69) is 10.2 Å². The summed E-state index contributed by atoms with van der Waals surface area (Å²) < 4.78 is 11.9. The first-order valence-corrected chi connectivity index (χ1v) is 9.00. The molecule has 1 fully saturated rings. The van der Waals surface area contributed by atoms with Gasteiger partial charge in [0.1, 0.15) is 12.7 Å². The largest absolute Gasteiger partial charge is 0.486 e. The molecule has 132 valence electrons. The highest BCUT2D eigenvalue weighted by molar-refractivity contribution is 5.66. The Morgan fingerprint density at radius 2 is 1.88 bits per heavy atom. The zero-order valence-corrected chi connectivity index (χ0v) is 14.4. The smallest absolute Gasteiger partial charge is 0.161 e. The first kappa shape index (κ1) is 16.1. The summed E-state index contributed by atoms with van der Waals surface area (Å²) >= 11 is 0. The first-order valence-electron chi connectivity index (χ1n) is 9.00.